The van der Waals surface area contributed by atoms with E-state index in [1.54, 1.807) is 36.4 Å². The van der Waals surface area contributed by atoms with Crippen molar-refractivity contribution in [1.29, 1.82) is 0 Å². The number of phenolic OH excluding ortho intramolecular Hbond substituents is 1. The summed E-state index contributed by atoms with van der Waals surface area (Å²) in [7, 11) is 0. The number of ketones is 1. The summed E-state index contributed by atoms with van der Waals surface area (Å²) < 4.78 is 5.65. The summed E-state index contributed by atoms with van der Waals surface area (Å²) in [5, 5.41) is 21.3. The van der Waals surface area contributed by atoms with Gasteiger partial charge in [0.15, 0.2) is 5.78 Å². The maximum absolute atomic E-state index is 12.2. The lowest BCUT2D eigenvalue weighted by molar-refractivity contribution is -0.139. The fraction of sp³-hybridized carbons (Fsp3) is 0.318. The summed E-state index contributed by atoms with van der Waals surface area (Å²) in [5.41, 5.74) is 1.50. The molecule has 1 amide bonds. The Kier molecular flexibility index (Phi) is 8.21. The Hall–Kier alpha value is -3.35. The van der Waals surface area contributed by atoms with Crippen molar-refractivity contribution in [2.24, 2.45) is 0 Å². The first-order chi connectivity index (χ1) is 13.9. The number of phenols is 1. The van der Waals surface area contributed by atoms with Crippen molar-refractivity contribution in [2.45, 2.75) is 45.6 Å². The molecule has 154 valence electrons. The molecule has 2 rings (SSSR count). The van der Waals surface area contributed by atoms with Crippen LogP contribution in [0.5, 0.6) is 11.5 Å². The van der Waals surface area contributed by atoms with Crippen molar-refractivity contribution in [1.82, 2.24) is 0 Å². The molecule has 0 spiro atoms. The number of ether oxygens (including phenoxy) is 1. The number of carbonyl (C=O) groups is 3. The van der Waals surface area contributed by atoms with Crippen LogP contribution in [0.2, 0.25) is 0 Å². The summed E-state index contributed by atoms with van der Waals surface area (Å²) in [4.78, 5) is 34.3. The first-order valence-corrected chi connectivity index (χ1v) is 9.48. The standard InChI is InChI=1S/C22H25NO6/c1-2-3-4-8-19(24)18-10-9-17(12-20(18)25)29-14-15-6-5-7-16(11-15)23-21(26)13-22(27)28/h5-7,9-12,25H,2-4,8,13-14H2,1H3,(H,23,26)(H,27,28). The van der Waals surface area contributed by atoms with Gasteiger partial charge in [-0.1, -0.05) is 31.9 Å². The minimum atomic E-state index is -1.20. The van der Waals surface area contributed by atoms with Crippen molar-refractivity contribution in [2.75, 3.05) is 5.32 Å². The van der Waals surface area contributed by atoms with Gasteiger partial charge in [-0.25, -0.2) is 0 Å². The first-order valence-electron chi connectivity index (χ1n) is 9.48. The third-order valence-corrected chi connectivity index (χ3v) is 4.21. The van der Waals surface area contributed by atoms with Crippen molar-refractivity contribution < 1.29 is 29.3 Å². The van der Waals surface area contributed by atoms with Crippen LogP contribution in [-0.4, -0.2) is 27.9 Å². The fourth-order valence-electron chi connectivity index (χ4n) is 2.76. The highest BCUT2D eigenvalue weighted by Crippen LogP contribution is 2.26. The molecule has 0 aliphatic heterocycles. The number of aromatic hydroxyl groups is 1. The minimum absolute atomic E-state index is 0.0905. The van der Waals surface area contributed by atoms with Gasteiger partial charge in [0.05, 0.1) is 5.56 Å². The largest absolute Gasteiger partial charge is 0.507 e. The number of anilines is 1. The van der Waals surface area contributed by atoms with E-state index >= 15 is 0 Å². The van der Waals surface area contributed by atoms with Gasteiger partial charge in [0.25, 0.3) is 0 Å². The lowest BCUT2D eigenvalue weighted by Gasteiger charge is -2.10. The Morgan fingerprint density at radius 2 is 1.86 bits per heavy atom. The molecule has 0 saturated carbocycles. The number of carboxylic acids is 1. The number of carboxylic acid groups (broad SMARTS) is 1. The lowest BCUT2D eigenvalue weighted by Crippen LogP contribution is -2.16. The normalized spacial score (nSPS) is 10.4. The molecular weight excluding hydrogens is 374 g/mol. The Morgan fingerprint density at radius 1 is 1.07 bits per heavy atom. The van der Waals surface area contributed by atoms with Gasteiger partial charge in [-0.3, -0.25) is 14.4 Å². The Morgan fingerprint density at radius 3 is 2.55 bits per heavy atom. The van der Waals surface area contributed by atoms with E-state index in [0.717, 1.165) is 24.8 Å². The zero-order valence-corrected chi connectivity index (χ0v) is 16.3. The summed E-state index contributed by atoms with van der Waals surface area (Å²) >= 11 is 0. The number of benzene rings is 2. The van der Waals surface area contributed by atoms with Crippen LogP contribution in [-0.2, 0) is 16.2 Å². The van der Waals surface area contributed by atoms with Crippen LogP contribution in [0.4, 0.5) is 5.69 Å². The van der Waals surface area contributed by atoms with E-state index in [4.69, 9.17) is 9.84 Å². The Bertz CT molecular complexity index is 877. The van der Waals surface area contributed by atoms with E-state index < -0.39 is 18.3 Å². The predicted molar refractivity (Wildman–Crippen MR) is 108 cm³/mol. The number of hydrogen-bond acceptors (Lipinski definition) is 5. The van der Waals surface area contributed by atoms with Crippen molar-refractivity contribution in [3.8, 4) is 11.5 Å². The number of amides is 1. The van der Waals surface area contributed by atoms with E-state index in [1.807, 2.05) is 0 Å². The van der Waals surface area contributed by atoms with Gasteiger partial charge in [-0.15, -0.1) is 0 Å². The van der Waals surface area contributed by atoms with Gasteiger partial charge < -0.3 is 20.3 Å². The maximum Gasteiger partial charge on any atom is 0.312 e. The summed E-state index contributed by atoms with van der Waals surface area (Å²) in [6, 6.07) is 11.4. The number of rotatable bonds is 11. The number of carbonyl (C=O) groups excluding carboxylic acids is 2. The molecule has 0 aliphatic carbocycles. The molecule has 0 aliphatic rings. The fourth-order valence-corrected chi connectivity index (χ4v) is 2.76. The van der Waals surface area contributed by atoms with Gasteiger partial charge in [-0.05, 0) is 36.2 Å². The third-order valence-electron chi connectivity index (χ3n) is 4.21. The predicted octanol–water partition coefficient (Wildman–Crippen LogP) is 4.15. The highest BCUT2D eigenvalue weighted by Gasteiger charge is 2.12. The summed E-state index contributed by atoms with van der Waals surface area (Å²) in [6.45, 7) is 2.24. The number of unbranched alkanes of at least 4 members (excludes halogenated alkanes) is 2. The van der Waals surface area contributed by atoms with E-state index in [9.17, 15) is 19.5 Å². The van der Waals surface area contributed by atoms with Gasteiger partial charge in [-0.2, -0.15) is 0 Å². The van der Waals surface area contributed by atoms with Crippen molar-refractivity contribution in [3.05, 3.63) is 53.6 Å². The second-order valence-corrected chi connectivity index (χ2v) is 6.67. The Labute approximate surface area is 169 Å². The zero-order valence-electron chi connectivity index (χ0n) is 16.3. The quantitative estimate of drug-likeness (QED) is 0.297. The van der Waals surface area contributed by atoms with Crippen LogP contribution < -0.4 is 10.1 Å². The molecule has 0 atom stereocenters. The van der Waals surface area contributed by atoms with E-state index in [2.05, 4.69) is 12.2 Å². The third kappa shape index (κ3) is 7.29. The molecule has 0 aromatic heterocycles. The molecular formula is C22H25NO6. The second kappa shape index (κ2) is 10.8. The molecule has 2 aromatic carbocycles. The van der Waals surface area contributed by atoms with E-state index in [0.29, 0.717) is 17.9 Å². The molecule has 0 saturated heterocycles. The molecule has 0 radical (unpaired) electrons. The lowest BCUT2D eigenvalue weighted by atomic mass is 10.0. The van der Waals surface area contributed by atoms with Crippen LogP contribution in [0.25, 0.3) is 0 Å². The highest BCUT2D eigenvalue weighted by atomic mass is 16.5. The van der Waals surface area contributed by atoms with Crippen LogP contribution in [0.3, 0.4) is 0 Å². The van der Waals surface area contributed by atoms with Crippen molar-refractivity contribution in [3.63, 3.8) is 0 Å². The molecule has 29 heavy (non-hydrogen) atoms. The molecule has 0 bridgehead atoms. The van der Waals surface area contributed by atoms with Gasteiger partial charge in [0, 0.05) is 18.2 Å². The summed E-state index contributed by atoms with van der Waals surface area (Å²) in [6.07, 6.45) is 2.60. The van der Waals surface area contributed by atoms with Crippen LogP contribution in [0, 0.1) is 0 Å². The molecule has 7 heteroatoms. The molecule has 2 aromatic rings. The number of aliphatic carboxylic acids is 1. The van der Waals surface area contributed by atoms with Crippen LogP contribution in [0.1, 0.15) is 54.9 Å². The van der Waals surface area contributed by atoms with Crippen molar-refractivity contribution >= 4 is 23.3 Å². The zero-order chi connectivity index (χ0) is 21.2. The van der Waals surface area contributed by atoms with Crippen LogP contribution >= 0.6 is 0 Å². The number of hydrogen-bond donors (Lipinski definition) is 3. The van der Waals surface area contributed by atoms with Gasteiger partial charge in [0.2, 0.25) is 5.91 Å². The summed E-state index contributed by atoms with van der Waals surface area (Å²) in [5.74, 6) is -1.60. The highest BCUT2D eigenvalue weighted by molar-refractivity contribution is 6.01. The molecule has 7 nitrogen and oxygen atoms in total. The Balaban J connectivity index is 1.95. The SMILES string of the molecule is CCCCCC(=O)c1ccc(OCc2cccc(NC(=O)CC(=O)O)c2)cc1O. The van der Waals surface area contributed by atoms with Gasteiger partial charge in [0.1, 0.15) is 24.5 Å². The average molecular weight is 399 g/mol. The second-order valence-electron chi connectivity index (χ2n) is 6.67. The monoisotopic (exact) mass is 399 g/mol. The maximum atomic E-state index is 12.2. The van der Waals surface area contributed by atoms with E-state index in [-0.39, 0.29) is 23.7 Å². The van der Waals surface area contributed by atoms with Gasteiger partial charge >= 0.3 is 5.97 Å². The molecule has 0 fully saturated rings. The molecule has 0 heterocycles. The van der Waals surface area contributed by atoms with E-state index in [1.165, 1.54) is 6.07 Å². The minimum Gasteiger partial charge on any atom is -0.507 e. The number of Topliss-reactive ketones (excluding diaryl/α,β-unsaturated/α-hetero) is 1. The first kappa shape index (κ1) is 21.9. The topological polar surface area (TPSA) is 113 Å². The smallest absolute Gasteiger partial charge is 0.312 e. The molecule has 3 N–H and O–H groups in total. The number of nitrogens with one attached hydrogen (secondary N) is 1. The van der Waals surface area contributed by atoms with Crippen LogP contribution in [0.15, 0.2) is 42.5 Å². The molecule has 0 unspecified atom stereocenters. The average Bonchev–Trinajstić information content (AvgIpc) is 2.66.